The van der Waals surface area contributed by atoms with Crippen LogP contribution in [0.5, 0.6) is 0 Å². The molecular weight excluding hydrogens is 424 g/mol. The fraction of sp³-hybridized carbons (Fsp3) is 0.300. The Morgan fingerprint density at radius 1 is 1.10 bits per heavy atom. The highest BCUT2D eigenvalue weighted by molar-refractivity contribution is 7.99. The molecular formula is C20H19ClN6O2S. The molecule has 0 saturated carbocycles. The average Bonchev–Trinajstić information content (AvgIpc) is 3.55. The first-order valence-corrected chi connectivity index (χ1v) is 11.0. The van der Waals surface area contributed by atoms with Gasteiger partial charge in [0.05, 0.1) is 22.2 Å². The summed E-state index contributed by atoms with van der Waals surface area (Å²) in [6, 6.07) is 11.3. The van der Waals surface area contributed by atoms with Crippen LogP contribution in [0, 0.1) is 0 Å². The van der Waals surface area contributed by atoms with Crippen molar-refractivity contribution in [1.82, 2.24) is 24.9 Å². The van der Waals surface area contributed by atoms with Gasteiger partial charge < -0.3 is 13.8 Å². The van der Waals surface area contributed by atoms with Crippen LogP contribution < -0.4 is 4.90 Å². The number of anilines is 1. The molecule has 8 nitrogen and oxygen atoms in total. The van der Waals surface area contributed by atoms with Gasteiger partial charge in [0.15, 0.2) is 10.9 Å². The summed E-state index contributed by atoms with van der Waals surface area (Å²) in [5.41, 5.74) is 0.850. The standard InChI is InChI=1S/C20H19ClN6O2S/c1-13(18-22-17(25-29-18)16-9-6-12-28-16)30-20-24-23-19(26-10-4-5-11-26)27(20)15-8-3-2-7-14(15)21/h2-3,6-9,12-13H,4-5,10-11H2,1H3/t13-/m1/s1. The molecule has 4 aromatic rings. The lowest BCUT2D eigenvalue weighted by Crippen LogP contribution is -2.22. The van der Waals surface area contributed by atoms with Crippen molar-refractivity contribution in [2.75, 3.05) is 18.0 Å². The molecule has 0 unspecified atom stereocenters. The molecule has 0 radical (unpaired) electrons. The van der Waals surface area contributed by atoms with Crippen LogP contribution in [0.3, 0.4) is 0 Å². The molecule has 3 aromatic heterocycles. The summed E-state index contributed by atoms with van der Waals surface area (Å²) in [7, 11) is 0. The third-order valence-corrected chi connectivity index (χ3v) is 6.26. The Kier molecular flexibility index (Phi) is 5.22. The molecule has 0 amide bonds. The van der Waals surface area contributed by atoms with Crippen molar-refractivity contribution in [1.29, 1.82) is 0 Å². The zero-order valence-corrected chi connectivity index (χ0v) is 17.8. The Morgan fingerprint density at radius 2 is 1.93 bits per heavy atom. The lowest BCUT2D eigenvalue weighted by Gasteiger charge is -2.19. The van der Waals surface area contributed by atoms with Crippen molar-refractivity contribution in [2.24, 2.45) is 0 Å². The molecule has 0 bridgehead atoms. The number of furan rings is 1. The van der Waals surface area contributed by atoms with Crippen molar-refractivity contribution in [3.05, 3.63) is 53.6 Å². The van der Waals surface area contributed by atoms with E-state index < -0.39 is 0 Å². The first-order chi connectivity index (χ1) is 14.7. The molecule has 0 N–H and O–H groups in total. The second kappa shape index (κ2) is 8.16. The summed E-state index contributed by atoms with van der Waals surface area (Å²) in [6.07, 6.45) is 3.87. The fourth-order valence-electron chi connectivity index (χ4n) is 3.42. The van der Waals surface area contributed by atoms with Crippen LogP contribution >= 0.6 is 23.4 Å². The predicted octanol–water partition coefficient (Wildman–Crippen LogP) is 5.02. The molecule has 1 aromatic carbocycles. The van der Waals surface area contributed by atoms with Crippen LogP contribution in [-0.2, 0) is 0 Å². The minimum absolute atomic E-state index is 0.141. The monoisotopic (exact) mass is 442 g/mol. The number of hydrogen-bond acceptors (Lipinski definition) is 8. The third-order valence-electron chi connectivity index (χ3n) is 4.91. The van der Waals surface area contributed by atoms with Crippen molar-refractivity contribution >= 4 is 29.3 Å². The van der Waals surface area contributed by atoms with E-state index in [4.69, 9.17) is 20.5 Å². The maximum Gasteiger partial charge on any atom is 0.240 e. The highest BCUT2D eigenvalue weighted by atomic mass is 35.5. The SMILES string of the molecule is C[C@@H](Sc1nnc(N2CCCC2)n1-c1ccccc1Cl)c1nc(-c2ccco2)no1. The Labute approximate surface area is 182 Å². The minimum Gasteiger partial charge on any atom is -0.461 e. The summed E-state index contributed by atoms with van der Waals surface area (Å²) < 4.78 is 12.8. The summed E-state index contributed by atoms with van der Waals surface area (Å²) in [5.74, 6) is 2.28. The van der Waals surface area contributed by atoms with E-state index in [0.29, 0.717) is 22.5 Å². The lowest BCUT2D eigenvalue weighted by molar-refractivity contribution is 0.379. The van der Waals surface area contributed by atoms with Crippen LogP contribution in [-0.4, -0.2) is 38.0 Å². The molecule has 1 saturated heterocycles. The quantitative estimate of drug-likeness (QED) is 0.385. The average molecular weight is 443 g/mol. The van der Waals surface area contributed by atoms with E-state index in [1.807, 2.05) is 35.8 Å². The molecule has 0 spiro atoms. The first-order valence-electron chi connectivity index (χ1n) is 9.70. The first kappa shape index (κ1) is 19.2. The van der Waals surface area contributed by atoms with Crippen LogP contribution in [0.15, 0.2) is 56.8 Å². The highest BCUT2D eigenvalue weighted by Crippen LogP contribution is 2.38. The van der Waals surface area contributed by atoms with Gasteiger partial charge >= 0.3 is 0 Å². The highest BCUT2D eigenvalue weighted by Gasteiger charge is 2.26. The molecule has 1 atom stereocenters. The van der Waals surface area contributed by atoms with Crippen LogP contribution in [0.4, 0.5) is 5.95 Å². The van der Waals surface area contributed by atoms with Gasteiger partial charge in [-0.2, -0.15) is 4.98 Å². The number of halogens is 1. The Bertz CT molecular complexity index is 1140. The Balaban J connectivity index is 1.47. The molecule has 0 aliphatic carbocycles. The second-order valence-corrected chi connectivity index (χ2v) is 8.67. The molecule has 5 rings (SSSR count). The molecule has 1 aliphatic heterocycles. The predicted molar refractivity (Wildman–Crippen MR) is 114 cm³/mol. The summed E-state index contributed by atoms with van der Waals surface area (Å²) in [4.78, 5) is 6.71. The van der Waals surface area contributed by atoms with E-state index in [-0.39, 0.29) is 5.25 Å². The van der Waals surface area contributed by atoms with Crippen LogP contribution in [0.25, 0.3) is 17.3 Å². The van der Waals surface area contributed by atoms with Crippen LogP contribution in [0.2, 0.25) is 5.02 Å². The number of benzene rings is 1. The Hall–Kier alpha value is -2.78. The van der Waals surface area contributed by atoms with Crippen molar-refractivity contribution < 1.29 is 8.94 Å². The minimum atomic E-state index is -0.141. The van der Waals surface area contributed by atoms with Gasteiger partial charge in [0.1, 0.15) is 0 Å². The van der Waals surface area contributed by atoms with E-state index in [9.17, 15) is 0 Å². The summed E-state index contributed by atoms with van der Waals surface area (Å²) in [6.45, 7) is 3.91. The number of para-hydroxylation sites is 1. The fourth-order valence-corrected chi connectivity index (χ4v) is 4.53. The molecule has 1 aliphatic rings. The van der Waals surface area contributed by atoms with Crippen molar-refractivity contribution in [3.63, 3.8) is 0 Å². The van der Waals surface area contributed by atoms with E-state index in [1.54, 1.807) is 18.4 Å². The van der Waals surface area contributed by atoms with Gasteiger partial charge in [0.25, 0.3) is 0 Å². The molecule has 30 heavy (non-hydrogen) atoms. The summed E-state index contributed by atoms with van der Waals surface area (Å²) >= 11 is 8.02. The summed E-state index contributed by atoms with van der Waals surface area (Å²) in [5, 5.41) is 14.2. The number of hydrogen-bond donors (Lipinski definition) is 0. The van der Waals surface area contributed by atoms with Gasteiger partial charge in [-0.05, 0) is 44.0 Å². The molecule has 10 heteroatoms. The zero-order chi connectivity index (χ0) is 20.5. The lowest BCUT2D eigenvalue weighted by atomic mass is 10.3. The maximum atomic E-state index is 6.52. The number of rotatable bonds is 6. The van der Waals surface area contributed by atoms with Gasteiger partial charge in [0, 0.05) is 13.1 Å². The van der Waals surface area contributed by atoms with Gasteiger partial charge in [-0.15, -0.1) is 10.2 Å². The zero-order valence-electron chi connectivity index (χ0n) is 16.2. The van der Waals surface area contributed by atoms with Crippen LogP contribution in [0.1, 0.15) is 30.9 Å². The normalized spacial score (nSPS) is 15.1. The molecule has 1 fully saturated rings. The van der Waals surface area contributed by atoms with Gasteiger partial charge in [-0.25, -0.2) is 0 Å². The molecule has 4 heterocycles. The second-order valence-electron chi connectivity index (χ2n) is 6.96. The number of nitrogens with zero attached hydrogens (tertiary/aromatic N) is 6. The number of aromatic nitrogens is 5. The largest absolute Gasteiger partial charge is 0.461 e. The topological polar surface area (TPSA) is 86.0 Å². The van der Waals surface area contributed by atoms with E-state index >= 15 is 0 Å². The smallest absolute Gasteiger partial charge is 0.240 e. The van der Waals surface area contributed by atoms with Gasteiger partial charge in [-0.3, -0.25) is 4.57 Å². The van der Waals surface area contributed by atoms with E-state index in [0.717, 1.165) is 42.7 Å². The van der Waals surface area contributed by atoms with Crippen molar-refractivity contribution in [2.45, 2.75) is 30.2 Å². The van der Waals surface area contributed by atoms with Crippen molar-refractivity contribution in [3.8, 4) is 17.3 Å². The van der Waals surface area contributed by atoms with E-state index in [1.165, 1.54) is 11.8 Å². The van der Waals surface area contributed by atoms with E-state index in [2.05, 4.69) is 25.2 Å². The van der Waals surface area contributed by atoms with Gasteiger partial charge in [-0.1, -0.05) is 40.7 Å². The Morgan fingerprint density at radius 3 is 2.70 bits per heavy atom. The number of thioether (sulfide) groups is 1. The maximum absolute atomic E-state index is 6.52. The third kappa shape index (κ3) is 3.59. The molecule has 154 valence electrons. The van der Waals surface area contributed by atoms with Gasteiger partial charge in [0.2, 0.25) is 17.7 Å².